The molecule has 0 N–H and O–H groups in total. The molecule has 0 heterocycles. The predicted molar refractivity (Wildman–Crippen MR) is 580 cm³/mol. The predicted octanol–water partition coefficient (Wildman–Crippen LogP) is 38.0. The van der Waals surface area contributed by atoms with Crippen molar-refractivity contribution in [1.29, 1.82) is 0 Å². The minimum atomic E-state index is 1.23. The monoisotopic (exact) mass is 1690 g/mol. The van der Waals surface area contributed by atoms with Crippen LogP contribution in [0.4, 0.5) is 0 Å². The van der Waals surface area contributed by atoms with E-state index in [0.29, 0.717) is 0 Å². The van der Waals surface area contributed by atoms with Crippen molar-refractivity contribution in [1.82, 2.24) is 0 Å². The van der Waals surface area contributed by atoms with Crippen molar-refractivity contribution in [3.63, 3.8) is 0 Å². The lowest BCUT2D eigenvalue weighted by Gasteiger charge is -2.21. The maximum absolute atomic E-state index is 2.41. The van der Waals surface area contributed by atoms with Gasteiger partial charge in [0.15, 0.2) is 0 Å². The molecule has 0 heteroatoms. The Morgan fingerprint density at radius 2 is 0.306 bits per heavy atom. The van der Waals surface area contributed by atoms with Crippen molar-refractivity contribution in [2.24, 2.45) is 0 Å². The van der Waals surface area contributed by atoms with Gasteiger partial charge in [-0.25, -0.2) is 0 Å². The normalized spacial score (nSPS) is 11.7. The summed E-state index contributed by atoms with van der Waals surface area (Å²) in [7, 11) is 0. The second kappa shape index (κ2) is 32.3. The Bertz CT molecular complexity index is 9700. The van der Waals surface area contributed by atoms with Crippen molar-refractivity contribution >= 4 is 183 Å². The number of hydrogen-bond donors (Lipinski definition) is 0. The highest BCUT2D eigenvalue weighted by molar-refractivity contribution is 6.33. The fourth-order valence-electron chi connectivity index (χ4n) is 22.4. The van der Waals surface area contributed by atoms with Crippen LogP contribution in [-0.2, 0) is 0 Å². The number of rotatable bonds is 8. The summed E-state index contributed by atoms with van der Waals surface area (Å²) in [6, 6.07) is 188. The molecule has 620 valence electrons. The molecule has 0 unspecified atom stereocenters. The van der Waals surface area contributed by atoms with E-state index in [1.165, 1.54) is 272 Å². The molecule has 0 amide bonds. The molecular weight excluding hydrogens is 1610 g/mol. The average molecular weight is 1690 g/mol. The molecular formula is C134H84. The van der Waals surface area contributed by atoms with Gasteiger partial charge in [0, 0.05) is 0 Å². The standard InChI is InChI=1S/C46H28.2C44H28/c1-4-12-36-29(9-1)19-21-33-27-34(24-25-38(33)36)45-41-16-8-7-15-40(41)44(42-26-23-31-11-3-6-14-39(31)46(42)45)35-22-20-32-18-17-30-10-2-5-13-37(30)43(32)28-35;1-2-12-29(13-3-1)34-16-8-9-19-37(34)44-39-21-11-10-20-38(39)42(40-27-26-31-15-5-7-18-36(31)43(40)44)33-25-24-32-23-22-30-14-4-6-17-35(30)41(32)28-33;1-2-11-29(12-3-1)33-15-10-16-34(27-33)43-39-20-9-8-19-38(39)42(40-26-25-31-14-5-7-18-37(31)44(40)43)35-24-23-32-22-21-30-13-4-6-17-36(30)41(32)28-35/h1-28H;2*1-28H. The zero-order valence-electron chi connectivity index (χ0n) is 73.5. The molecule has 0 fully saturated rings. The first-order valence-corrected chi connectivity index (χ1v) is 46.6. The molecule has 0 saturated carbocycles. The van der Waals surface area contributed by atoms with Crippen LogP contribution in [0.25, 0.3) is 272 Å². The van der Waals surface area contributed by atoms with E-state index in [-0.39, 0.29) is 0 Å². The Hall–Kier alpha value is -17.4. The van der Waals surface area contributed by atoms with Crippen molar-refractivity contribution < 1.29 is 0 Å². The van der Waals surface area contributed by atoms with Gasteiger partial charge < -0.3 is 0 Å². The topological polar surface area (TPSA) is 0 Å². The molecule has 28 aromatic carbocycles. The maximum Gasteiger partial charge on any atom is -0.00139 e. The van der Waals surface area contributed by atoms with E-state index in [4.69, 9.17) is 0 Å². The van der Waals surface area contributed by atoms with Crippen molar-refractivity contribution in [2.75, 3.05) is 0 Å². The van der Waals surface area contributed by atoms with E-state index in [1.54, 1.807) is 0 Å². The molecule has 28 aromatic rings. The van der Waals surface area contributed by atoms with Gasteiger partial charge in [-0.3, -0.25) is 0 Å². The molecule has 0 aromatic heterocycles. The van der Waals surface area contributed by atoms with Gasteiger partial charge in [0.2, 0.25) is 0 Å². The minimum absolute atomic E-state index is 1.23. The highest BCUT2D eigenvalue weighted by Crippen LogP contribution is 2.53. The summed E-state index contributed by atoms with van der Waals surface area (Å²) >= 11 is 0. The summed E-state index contributed by atoms with van der Waals surface area (Å²) < 4.78 is 0. The third-order valence-corrected chi connectivity index (χ3v) is 28.4. The third-order valence-electron chi connectivity index (χ3n) is 28.4. The first kappa shape index (κ1) is 77.7. The van der Waals surface area contributed by atoms with Gasteiger partial charge in [-0.15, -0.1) is 0 Å². The summed E-state index contributed by atoms with van der Waals surface area (Å²) in [5.74, 6) is 0. The summed E-state index contributed by atoms with van der Waals surface area (Å²) in [5, 5.41) is 43.5. The lowest BCUT2D eigenvalue weighted by Crippen LogP contribution is -1.94. The Morgan fingerprint density at radius 3 is 0.701 bits per heavy atom. The van der Waals surface area contributed by atoms with Gasteiger partial charge >= 0.3 is 0 Å². The van der Waals surface area contributed by atoms with Gasteiger partial charge in [0.1, 0.15) is 0 Å². The molecule has 0 bridgehead atoms. The Labute approximate surface area is 776 Å². The van der Waals surface area contributed by atoms with Crippen molar-refractivity contribution in [3.05, 3.63) is 510 Å². The van der Waals surface area contributed by atoms with Crippen LogP contribution < -0.4 is 0 Å². The largest absolute Gasteiger partial charge is 0.0622 e. The Balaban J connectivity index is 0.000000105. The van der Waals surface area contributed by atoms with E-state index in [1.807, 2.05) is 0 Å². The first-order chi connectivity index (χ1) is 66.5. The second-order valence-electron chi connectivity index (χ2n) is 35.8. The second-order valence-corrected chi connectivity index (χ2v) is 35.8. The molecule has 0 aliphatic carbocycles. The highest BCUT2D eigenvalue weighted by Gasteiger charge is 2.26. The Morgan fingerprint density at radius 1 is 0.0821 bits per heavy atom. The smallest absolute Gasteiger partial charge is 0.00139 e. The van der Waals surface area contributed by atoms with E-state index in [9.17, 15) is 0 Å². The zero-order chi connectivity index (χ0) is 88.3. The fraction of sp³-hybridized carbons (Fsp3) is 0. The van der Waals surface area contributed by atoms with E-state index < -0.39 is 0 Å². The third kappa shape index (κ3) is 13.0. The van der Waals surface area contributed by atoms with Gasteiger partial charge in [-0.1, -0.05) is 479 Å². The van der Waals surface area contributed by atoms with Gasteiger partial charge in [-0.2, -0.15) is 0 Å². The summed E-state index contributed by atoms with van der Waals surface area (Å²) in [6.07, 6.45) is 0. The molecule has 28 rings (SSSR count). The van der Waals surface area contributed by atoms with Crippen molar-refractivity contribution in [3.8, 4) is 89.0 Å². The van der Waals surface area contributed by atoms with Crippen LogP contribution in [0.2, 0.25) is 0 Å². The molecule has 0 aliphatic rings. The van der Waals surface area contributed by atoms with Gasteiger partial charge in [-0.05, 0) is 302 Å². The summed E-state index contributed by atoms with van der Waals surface area (Å²) in [5.41, 5.74) is 20.2. The van der Waals surface area contributed by atoms with E-state index in [0.717, 1.165) is 0 Å². The van der Waals surface area contributed by atoms with Gasteiger partial charge in [0.25, 0.3) is 0 Å². The molecule has 0 nitrogen and oxygen atoms in total. The van der Waals surface area contributed by atoms with Crippen LogP contribution in [0.3, 0.4) is 0 Å². The fourth-order valence-corrected chi connectivity index (χ4v) is 22.4. The lowest BCUT2D eigenvalue weighted by molar-refractivity contribution is 1.61. The highest BCUT2D eigenvalue weighted by atomic mass is 14.3. The molecule has 0 aliphatic heterocycles. The number of fused-ring (bicyclic) bond motifs is 24. The van der Waals surface area contributed by atoms with Crippen LogP contribution in [0, 0.1) is 0 Å². The summed E-state index contributed by atoms with van der Waals surface area (Å²) in [6.45, 7) is 0. The molecule has 0 spiro atoms. The van der Waals surface area contributed by atoms with Crippen LogP contribution in [0.1, 0.15) is 0 Å². The van der Waals surface area contributed by atoms with Crippen LogP contribution in [0.5, 0.6) is 0 Å². The SMILES string of the molecule is c1ccc(-c2cccc(-c3c4ccccc4c(-c4ccc5ccc6ccccc6c5c4)c4ccc5ccccc5c34)c2)cc1.c1ccc(-c2ccccc2-c2c3ccccc3c(-c3ccc4ccc5ccccc5c4c3)c3ccc4ccccc4c23)cc1.c1ccc2c(c1)ccc1cc(-c3c4ccccc4c(-c4ccc5ccc6ccccc6c5c4)c4ccc5ccccc5c34)ccc12. The first-order valence-electron chi connectivity index (χ1n) is 46.6. The van der Waals surface area contributed by atoms with Crippen LogP contribution in [-0.4, -0.2) is 0 Å². The van der Waals surface area contributed by atoms with E-state index in [2.05, 4.69) is 510 Å². The molecule has 0 radical (unpaired) electrons. The van der Waals surface area contributed by atoms with Crippen LogP contribution >= 0.6 is 0 Å². The van der Waals surface area contributed by atoms with Crippen molar-refractivity contribution in [2.45, 2.75) is 0 Å². The molecule has 0 atom stereocenters. The maximum atomic E-state index is 2.41. The Kier molecular flexibility index (Phi) is 18.8. The van der Waals surface area contributed by atoms with Crippen LogP contribution in [0.15, 0.2) is 510 Å². The molecule has 0 saturated heterocycles. The lowest BCUT2D eigenvalue weighted by atomic mass is 9.82. The van der Waals surface area contributed by atoms with E-state index >= 15 is 0 Å². The number of hydrogen-bond acceptors (Lipinski definition) is 0. The minimum Gasteiger partial charge on any atom is -0.0622 e. The average Bonchev–Trinajstić information content (AvgIpc) is 0.700. The summed E-state index contributed by atoms with van der Waals surface area (Å²) in [4.78, 5) is 0. The molecule has 134 heavy (non-hydrogen) atoms. The number of benzene rings is 28. The quantitative estimate of drug-likeness (QED) is 0.105. The van der Waals surface area contributed by atoms with Gasteiger partial charge in [0.05, 0.1) is 0 Å². The zero-order valence-corrected chi connectivity index (χ0v) is 73.5.